The number of hydrogen-bond donors (Lipinski definition) is 0. The van der Waals surface area contributed by atoms with Crippen LogP contribution >= 0.6 is 0 Å². The molecule has 86 heavy (non-hydrogen) atoms. The zero-order valence-corrected chi connectivity index (χ0v) is 46.5. The summed E-state index contributed by atoms with van der Waals surface area (Å²) in [6.07, 6.45) is 7.46. The SMILES string of the molecule is c1ccc(-c2ccc(-c3ccccc3-c3cc(-c4ccccc4-c4ccc(-c5ccccn5)cc4-c4cccc5oc6ccccc6c45)cc(-c4ccccc4-c4ccc(-c5ccccn5)cc4-c4cccc5oc6ccccc6c45)c3)nc2)nc1. The maximum Gasteiger partial charge on any atom is 0.136 e. The van der Waals surface area contributed by atoms with Crippen LogP contribution in [0.5, 0.6) is 0 Å². The lowest BCUT2D eigenvalue weighted by molar-refractivity contribution is 0.668. The van der Waals surface area contributed by atoms with Crippen molar-refractivity contribution in [1.29, 1.82) is 0 Å². The molecule has 0 N–H and O–H groups in total. The van der Waals surface area contributed by atoms with Gasteiger partial charge in [-0.15, -0.1) is 0 Å². The smallest absolute Gasteiger partial charge is 0.136 e. The number of para-hydroxylation sites is 2. The zero-order valence-electron chi connectivity index (χ0n) is 46.5. The summed E-state index contributed by atoms with van der Waals surface area (Å²) >= 11 is 0. The second-order valence-electron chi connectivity index (χ2n) is 21.6. The van der Waals surface area contributed by atoms with Crippen molar-refractivity contribution in [3.63, 3.8) is 0 Å². The fourth-order valence-electron chi connectivity index (χ4n) is 12.6. The van der Waals surface area contributed by atoms with E-state index in [4.69, 9.17) is 23.8 Å². The number of rotatable bonds is 11. The van der Waals surface area contributed by atoms with Gasteiger partial charge in [0.1, 0.15) is 22.3 Å². The Morgan fingerprint density at radius 3 is 1.00 bits per heavy atom. The van der Waals surface area contributed by atoms with Gasteiger partial charge in [-0.05, 0) is 181 Å². The summed E-state index contributed by atoms with van der Waals surface area (Å²) in [6, 6.07) is 98.7. The number of furan rings is 2. The van der Waals surface area contributed by atoms with Gasteiger partial charge >= 0.3 is 0 Å². The van der Waals surface area contributed by atoms with E-state index in [2.05, 4.69) is 217 Å². The van der Waals surface area contributed by atoms with Crippen molar-refractivity contribution < 1.29 is 8.83 Å². The maximum atomic E-state index is 6.55. The van der Waals surface area contributed by atoms with Crippen LogP contribution in [-0.2, 0) is 0 Å². The number of nitrogens with zero attached hydrogens (tertiary/aromatic N) is 4. The van der Waals surface area contributed by atoms with Gasteiger partial charge in [-0.3, -0.25) is 19.9 Å². The van der Waals surface area contributed by atoms with Gasteiger partial charge in [0.15, 0.2) is 0 Å². The maximum absolute atomic E-state index is 6.55. The van der Waals surface area contributed by atoms with Gasteiger partial charge in [0.05, 0.1) is 22.8 Å². The molecule has 6 nitrogen and oxygen atoms in total. The van der Waals surface area contributed by atoms with Crippen LogP contribution in [0.15, 0.2) is 313 Å². The van der Waals surface area contributed by atoms with Crippen LogP contribution in [0.2, 0.25) is 0 Å². The minimum atomic E-state index is 0.839. The predicted octanol–water partition coefficient (Wildman–Crippen LogP) is 21.4. The van der Waals surface area contributed by atoms with Gasteiger partial charge in [-0.25, -0.2) is 0 Å². The first-order valence-electron chi connectivity index (χ1n) is 28.9. The molecule has 0 spiro atoms. The van der Waals surface area contributed by atoms with Crippen LogP contribution in [0.3, 0.4) is 0 Å². The molecule has 0 amide bonds. The van der Waals surface area contributed by atoms with Crippen molar-refractivity contribution in [1.82, 2.24) is 19.9 Å². The Hall–Kier alpha value is -11.6. The molecule has 402 valence electrons. The normalized spacial score (nSPS) is 11.5. The first kappa shape index (κ1) is 50.2. The lowest BCUT2D eigenvalue weighted by atomic mass is 9.83. The van der Waals surface area contributed by atoms with Crippen molar-refractivity contribution in [2.24, 2.45) is 0 Å². The Kier molecular flexibility index (Phi) is 12.4. The summed E-state index contributed by atoms with van der Waals surface area (Å²) < 4.78 is 13.1. The van der Waals surface area contributed by atoms with E-state index in [-0.39, 0.29) is 0 Å². The lowest BCUT2D eigenvalue weighted by Crippen LogP contribution is -1.95. The van der Waals surface area contributed by atoms with Crippen LogP contribution in [0.25, 0.3) is 167 Å². The van der Waals surface area contributed by atoms with E-state index in [0.717, 1.165) is 167 Å². The predicted molar refractivity (Wildman–Crippen MR) is 352 cm³/mol. The van der Waals surface area contributed by atoms with Gasteiger partial charge < -0.3 is 8.83 Å². The van der Waals surface area contributed by atoms with E-state index < -0.39 is 0 Å². The zero-order chi connectivity index (χ0) is 56.9. The Balaban J connectivity index is 0.933. The molecule has 0 radical (unpaired) electrons. The minimum absolute atomic E-state index is 0.839. The van der Waals surface area contributed by atoms with E-state index in [1.165, 1.54) is 0 Å². The van der Waals surface area contributed by atoms with E-state index in [1.54, 1.807) is 0 Å². The van der Waals surface area contributed by atoms with Crippen LogP contribution < -0.4 is 0 Å². The fraction of sp³-hybridized carbons (Fsp3) is 0. The Bertz CT molecular complexity index is 4960. The van der Waals surface area contributed by atoms with Gasteiger partial charge in [-0.1, -0.05) is 176 Å². The van der Waals surface area contributed by atoms with Gasteiger partial charge in [0.25, 0.3) is 0 Å². The highest BCUT2D eigenvalue weighted by molar-refractivity contribution is 6.16. The number of aromatic nitrogens is 4. The Labute approximate surface area is 496 Å². The molecule has 16 aromatic rings. The number of benzene rings is 10. The third-order valence-electron chi connectivity index (χ3n) is 16.6. The van der Waals surface area contributed by atoms with E-state index in [0.29, 0.717) is 0 Å². The summed E-state index contributed by atoms with van der Waals surface area (Å²) in [5.41, 5.74) is 26.0. The van der Waals surface area contributed by atoms with Gasteiger partial charge in [0, 0.05) is 68.6 Å². The van der Waals surface area contributed by atoms with Crippen LogP contribution in [0.4, 0.5) is 0 Å². The Morgan fingerprint density at radius 1 is 0.198 bits per heavy atom. The highest BCUT2D eigenvalue weighted by atomic mass is 16.3. The topological polar surface area (TPSA) is 77.8 Å². The molecule has 6 heterocycles. The quantitative estimate of drug-likeness (QED) is 0.128. The van der Waals surface area contributed by atoms with Crippen molar-refractivity contribution >= 4 is 43.9 Å². The molecule has 0 aliphatic rings. The summed E-state index contributed by atoms with van der Waals surface area (Å²) in [7, 11) is 0. The van der Waals surface area contributed by atoms with Crippen LogP contribution in [0.1, 0.15) is 0 Å². The molecule has 0 atom stereocenters. The first-order chi connectivity index (χ1) is 42.6. The summed E-state index contributed by atoms with van der Waals surface area (Å²) in [5, 5.41) is 4.29. The molecule has 6 aromatic heterocycles. The summed E-state index contributed by atoms with van der Waals surface area (Å²) in [5.74, 6) is 0. The molecule has 0 unspecified atom stereocenters. The molecule has 6 heteroatoms. The highest BCUT2D eigenvalue weighted by Crippen LogP contribution is 2.49. The standard InChI is InChI=1S/C80H50N4O2/c1-4-22-60(62-39-36-51(71-29-11-14-42-81-71)48-69(62)65-27-17-34-77-79(65)67-25-7-9-32-75(67)85-77)57(19-1)54-45-55(47-56(46-54)59-21-3-6-24-64(59)74-41-38-53(50-84-74)73-31-13-16-44-83-73)58-20-2-5-23-61(58)63-40-37-52(72-30-12-15-43-82-72)49-70(63)66-28-18-35-78-80(66)68-26-8-10-33-76(68)86-78/h1-50H. The molecule has 0 bridgehead atoms. The third-order valence-corrected chi connectivity index (χ3v) is 16.6. The molecule has 0 saturated heterocycles. The van der Waals surface area contributed by atoms with Gasteiger partial charge in [0.2, 0.25) is 0 Å². The average Bonchev–Trinajstić information content (AvgIpc) is 1.71. The van der Waals surface area contributed by atoms with Crippen molar-refractivity contribution in [2.45, 2.75) is 0 Å². The van der Waals surface area contributed by atoms with E-state index in [9.17, 15) is 0 Å². The number of pyridine rings is 4. The third kappa shape index (κ3) is 8.92. The number of hydrogen-bond acceptors (Lipinski definition) is 6. The first-order valence-corrected chi connectivity index (χ1v) is 28.9. The number of fused-ring (bicyclic) bond motifs is 6. The molecule has 0 saturated carbocycles. The Morgan fingerprint density at radius 2 is 0.558 bits per heavy atom. The van der Waals surface area contributed by atoms with Gasteiger partial charge in [-0.2, -0.15) is 0 Å². The van der Waals surface area contributed by atoms with Crippen molar-refractivity contribution in [3.05, 3.63) is 304 Å². The van der Waals surface area contributed by atoms with Crippen molar-refractivity contribution in [3.8, 4) is 123 Å². The van der Waals surface area contributed by atoms with Crippen LogP contribution in [0, 0.1) is 0 Å². The average molecular weight is 1100 g/mol. The molecule has 16 rings (SSSR count). The summed E-state index contributed by atoms with van der Waals surface area (Å²) in [6.45, 7) is 0. The molecular weight excluding hydrogens is 1050 g/mol. The molecule has 0 aliphatic carbocycles. The van der Waals surface area contributed by atoms with Crippen molar-refractivity contribution in [2.75, 3.05) is 0 Å². The minimum Gasteiger partial charge on any atom is -0.456 e. The highest BCUT2D eigenvalue weighted by Gasteiger charge is 2.23. The molecule has 10 aromatic carbocycles. The molecule has 0 fully saturated rings. The molecule has 0 aliphatic heterocycles. The largest absolute Gasteiger partial charge is 0.456 e. The van der Waals surface area contributed by atoms with E-state index in [1.807, 2.05) is 91.5 Å². The van der Waals surface area contributed by atoms with E-state index >= 15 is 0 Å². The summed E-state index contributed by atoms with van der Waals surface area (Å²) in [4.78, 5) is 19.4. The second kappa shape index (κ2) is 21.3. The second-order valence-corrected chi connectivity index (χ2v) is 21.6. The molecular formula is C80H50N4O2. The fourth-order valence-corrected chi connectivity index (χ4v) is 12.6. The monoisotopic (exact) mass is 1100 g/mol. The van der Waals surface area contributed by atoms with Crippen LogP contribution in [-0.4, -0.2) is 19.9 Å². The lowest BCUT2D eigenvalue weighted by Gasteiger charge is -2.20.